The van der Waals surface area contributed by atoms with E-state index >= 15 is 0 Å². The highest BCUT2D eigenvalue weighted by Gasteiger charge is 2.21. The van der Waals surface area contributed by atoms with E-state index in [0.717, 1.165) is 31.9 Å². The van der Waals surface area contributed by atoms with Gasteiger partial charge in [-0.3, -0.25) is 4.98 Å². The van der Waals surface area contributed by atoms with Gasteiger partial charge in [0, 0.05) is 19.2 Å². The van der Waals surface area contributed by atoms with Gasteiger partial charge in [0.2, 0.25) is 0 Å². The van der Waals surface area contributed by atoms with Crippen molar-refractivity contribution < 1.29 is 4.74 Å². The van der Waals surface area contributed by atoms with Gasteiger partial charge in [0.1, 0.15) is 0 Å². The molecule has 2 rings (SSSR count). The van der Waals surface area contributed by atoms with E-state index in [1.54, 1.807) is 6.20 Å². The van der Waals surface area contributed by atoms with Crippen molar-refractivity contribution in [3.05, 3.63) is 24.0 Å². The summed E-state index contributed by atoms with van der Waals surface area (Å²) in [6, 6.07) is 4.31. The van der Waals surface area contributed by atoms with Crippen molar-refractivity contribution >= 4 is 5.69 Å². The lowest BCUT2D eigenvalue weighted by Gasteiger charge is -2.18. The van der Waals surface area contributed by atoms with Gasteiger partial charge in [0.25, 0.3) is 0 Å². The van der Waals surface area contributed by atoms with Crippen LogP contribution in [0.15, 0.2) is 18.3 Å². The highest BCUT2D eigenvalue weighted by molar-refractivity contribution is 5.34. The van der Waals surface area contributed by atoms with Gasteiger partial charge in [0.15, 0.2) is 0 Å². The molecule has 1 aliphatic heterocycles. The average Bonchev–Trinajstić information content (AvgIpc) is 2.81. The molecule has 0 radical (unpaired) electrons. The quantitative estimate of drug-likeness (QED) is 0.801. The number of nitrogens with one attached hydrogen (secondary N) is 1. The number of hydrogen-bond donors (Lipinski definition) is 2. The Morgan fingerprint density at radius 2 is 2.50 bits per heavy atom. The summed E-state index contributed by atoms with van der Waals surface area (Å²) in [6.45, 7) is 4.77. The number of anilines is 1. The second-order valence-corrected chi connectivity index (χ2v) is 4.38. The molecule has 0 spiro atoms. The van der Waals surface area contributed by atoms with Gasteiger partial charge in [-0.1, -0.05) is 0 Å². The molecule has 1 aromatic heterocycles. The second-order valence-electron chi connectivity index (χ2n) is 4.38. The highest BCUT2D eigenvalue weighted by atomic mass is 16.5. The van der Waals surface area contributed by atoms with E-state index in [-0.39, 0.29) is 0 Å². The SMILES string of the molecule is CC(NCc1ccc(N)cn1)C1CCOC1. The maximum absolute atomic E-state index is 5.58. The molecular formula is C12H19N3O. The summed E-state index contributed by atoms with van der Waals surface area (Å²) >= 11 is 0. The van der Waals surface area contributed by atoms with Crippen molar-refractivity contribution in [2.24, 2.45) is 5.92 Å². The Hall–Kier alpha value is -1.13. The molecular weight excluding hydrogens is 202 g/mol. The van der Waals surface area contributed by atoms with Crippen LogP contribution in [0.3, 0.4) is 0 Å². The molecule has 2 unspecified atom stereocenters. The Morgan fingerprint density at radius 3 is 3.12 bits per heavy atom. The van der Waals surface area contributed by atoms with Crippen LogP contribution in [0.5, 0.6) is 0 Å². The summed E-state index contributed by atoms with van der Waals surface area (Å²) in [5, 5.41) is 3.48. The fraction of sp³-hybridized carbons (Fsp3) is 0.583. The van der Waals surface area contributed by atoms with E-state index in [0.29, 0.717) is 17.6 Å². The van der Waals surface area contributed by atoms with Crippen molar-refractivity contribution in [1.29, 1.82) is 0 Å². The first-order valence-corrected chi connectivity index (χ1v) is 5.77. The van der Waals surface area contributed by atoms with Gasteiger partial charge >= 0.3 is 0 Å². The van der Waals surface area contributed by atoms with Gasteiger partial charge < -0.3 is 15.8 Å². The summed E-state index contributed by atoms with van der Waals surface area (Å²) in [5.74, 6) is 0.633. The lowest BCUT2D eigenvalue weighted by Crippen LogP contribution is -2.33. The summed E-state index contributed by atoms with van der Waals surface area (Å²) in [4.78, 5) is 4.26. The summed E-state index contributed by atoms with van der Waals surface area (Å²) in [7, 11) is 0. The van der Waals surface area contributed by atoms with Crippen molar-refractivity contribution in [3.8, 4) is 0 Å². The predicted octanol–water partition coefficient (Wildman–Crippen LogP) is 1.18. The number of nitrogens with zero attached hydrogens (tertiary/aromatic N) is 1. The summed E-state index contributed by atoms with van der Waals surface area (Å²) < 4.78 is 5.37. The zero-order valence-electron chi connectivity index (χ0n) is 9.65. The number of ether oxygens (including phenoxy) is 1. The maximum atomic E-state index is 5.58. The van der Waals surface area contributed by atoms with Gasteiger partial charge in [-0.2, -0.15) is 0 Å². The fourth-order valence-electron chi connectivity index (χ4n) is 1.92. The molecule has 4 nitrogen and oxygen atoms in total. The van der Waals surface area contributed by atoms with Crippen LogP contribution in [-0.2, 0) is 11.3 Å². The molecule has 3 N–H and O–H groups in total. The summed E-state index contributed by atoms with van der Waals surface area (Å²) in [6.07, 6.45) is 2.85. The van der Waals surface area contributed by atoms with E-state index < -0.39 is 0 Å². The third-order valence-electron chi connectivity index (χ3n) is 3.12. The number of rotatable bonds is 4. The van der Waals surface area contributed by atoms with Crippen molar-refractivity contribution in [2.45, 2.75) is 25.9 Å². The van der Waals surface area contributed by atoms with Crippen molar-refractivity contribution in [1.82, 2.24) is 10.3 Å². The summed E-state index contributed by atoms with van der Waals surface area (Å²) in [5.41, 5.74) is 7.32. The van der Waals surface area contributed by atoms with Gasteiger partial charge in [-0.05, 0) is 31.4 Å². The minimum absolute atomic E-state index is 0.474. The zero-order valence-corrected chi connectivity index (χ0v) is 9.65. The van der Waals surface area contributed by atoms with Crippen LogP contribution >= 0.6 is 0 Å². The number of nitrogen functional groups attached to an aromatic ring is 1. The topological polar surface area (TPSA) is 60.2 Å². The number of hydrogen-bond acceptors (Lipinski definition) is 4. The van der Waals surface area contributed by atoms with E-state index in [9.17, 15) is 0 Å². The highest BCUT2D eigenvalue weighted by Crippen LogP contribution is 2.16. The Balaban J connectivity index is 1.80. The molecule has 1 fully saturated rings. The molecule has 0 aromatic carbocycles. The standard InChI is InChI=1S/C12H19N3O/c1-9(10-4-5-16-8-10)14-7-12-3-2-11(13)6-15-12/h2-3,6,9-10,14H,4-5,7-8,13H2,1H3. The fourth-order valence-corrected chi connectivity index (χ4v) is 1.92. The third-order valence-corrected chi connectivity index (χ3v) is 3.12. The first-order valence-electron chi connectivity index (χ1n) is 5.77. The molecule has 2 atom stereocenters. The molecule has 0 bridgehead atoms. The Bertz CT molecular complexity index is 320. The molecule has 2 heterocycles. The van der Waals surface area contributed by atoms with Gasteiger partial charge in [0.05, 0.1) is 24.2 Å². The van der Waals surface area contributed by atoms with E-state index in [1.165, 1.54) is 0 Å². The number of nitrogens with two attached hydrogens (primary N) is 1. The first-order chi connectivity index (χ1) is 7.75. The lowest BCUT2D eigenvalue weighted by molar-refractivity contribution is 0.178. The molecule has 16 heavy (non-hydrogen) atoms. The lowest BCUT2D eigenvalue weighted by atomic mass is 10.0. The van der Waals surface area contributed by atoms with Crippen LogP contribution in [0.25, 0.3) is 0 Å². The van der Waals surface area contributed by atoms with Crippen molar-refractivity contribution in [2.75, 3.05) is 18.9 Å². The van der Waals surface area contributed by atoms with Gasteiger partial charge in [-0.15, -0.1) is 0 Å². The molecule has 0 saturated carbocycles. The van der Waals surface area contributed by atoms with E-state index in [1.807, 2.05) is 12.1 Å². The number of aromatic nitrogens is 1. The van der Waals surface area contributed by atoms with Crippen LogP contribution in [0.2, 0.25) is 0 Å². The minimum atomic E-state index is 0.474. The van der Waals surface area contributed by atoms with Crippen molar-refractivity contribution in [3.63, 3.8) is 0 Å². The normalized spacial score (nSPS) is 22.2. The Kier molecular flexibility index (Phi) is 3.74. The minimum Gasteiger partial charge on any atom is -0.397 e. The molecule has 88 valence electrons. The van der Waals surface area contributed by atoms with Crippen LogP contribution in [0.1, 0.15) is 19.0 Å². The predicted molar refractivity (Wildman–Crippen MR) is 63.9 cm³/mol. The maximum Gasteiger partial charge on any atom is 0.0543 e. The van der Waals surface area contributed by atoms with E-state index in [4.69, 9.17) is 10.5 Å². The monoisotopic (exact) mass is 221 g/mol. The van der Waals surface area contributed by atoms with E-state index in [2.05, 4.69) is 17.2 Å². The van der Waals surface area contributed by atoms with Gasteiger partial charge in [-0.25, -0.2) is 0 Å². The molecule has 0 aliphatic carbocycles. The molecule has 1 saturated heterocycles. The van der Waals surface area contributed by atoms with Crippen LogP contribution in [0.4, 0.5) is 5.69 Å². The first kappa shape index (κ1) is 11.4. The third kappa shape index (κ3) is 2.93. The average molecular weight is 221 g/mol. The Labute approximate surface area is 96.2 Å². The smallest absolute Gasteiger partial charge is 0.0543 e. The number of pyridine rings is 1. The molecule has 1 aliphatic rings. The molecule has 1 aromatic rings. The zero-order chi connectivity index (χ0) is 11.4. The second kappa shape index (κ2) is 5.27. The largest absolute Gasteiger partial charge is 0.397 e. The van der Waals surface area contributed by atoms with Crippen LogP contribution in [-0.4, -0.2) is 24.2 Å². The molecule has 4 heteroatoms. The van der Waals surface area contributed by atoms with Crippen LogP contribution in [0, 0.1) is 5.92 Å². The molecule has 0 amide bonds. The Morgan fingerprint density at radius 1 is 1.62 bits per heavy atom. The van der Waals surface area contributed by atoms with Crippen LogP contribution < -0.4 is 11.1 Å².